The van der Waals surface area contributed by atoms with Gasteiger partial charge in [0.05, 0.1) is 6.61 Å². The standard InChI is InChI=1S/C21H42O4/c1-3-4-5-6-7-8-9-10-11-12-13-14-15-16-17-24-18-21(23)19-25-20(2)22/h21,23H,3-19H2,1-2H3/t21-/m0/s1. The molecule has 0 amide bonds. The molecule has 0 radical (unpaired) electrons. The first kappa shape index (κ1) is 24.4. The Labute approximate surface area is 155 Å². The van der Waals surface area contributed by atoms with Crippen LogP contribution >= 0.6 is 0 Å². The molecule has 0 aromatic heterocycles. The molecule has 0 aromatic rings. The van der Waals surface area contributed by atoms with Crippen molar-refractivity contribution in [2.24, 2.45) is 0 Å². The van der Waals surface area contributed by atoms with E-state index in [1.54, 1.807) is 0 Å². The lowest BCUT2D eigenvalue weighted by Crippen LogP contribution is -2.23. The van der Waals surface area contributed by atoms with Crippen molar-refractivity contribution in [2.75, 3.05) is 19.8 Å². The molecule has 25 heavy (non-hydrogen) atoms. The summed E-state index contributed by atoms with van der Waals surface area (Å²) in [6.07, 6.45) is 18.1. The van der Waals surface area contributed by atoms with Gasteiger partial charge in [0.2, 0.25) is 0 Å². The molecule has 0 rings (SSSR count). The van der Waals surface area contributed by atoms with Gasteiger partial charge in [-0.25, -0.2) is 0 Å². The highest BCUT2D eigenvalue weighted by Crippen LogP contribution is 2.12. The number of unbranched alkanes of at least 4 members (excludes halogenated alkanes) is 13. The molecule has 0 spiro atoms. The summed E-state index contributed by atoms with van der Waals surface area (Å²) in [7, 11) is 0. The molecule has 0 aliphatic rings. The van der Waals surface area contributed by atoms with Crippen LogP contribution in [-0.4, -0.2) is 37.0 Å². The zero-order valence-corrected chi connectivity index (χ0v) is 16.8. The molecule has 0 saturated carbocycles. The number of rotatable bonds is 19. The highest BCUT2D eigenvalue weighted by Gasteiger charge is 2.05. The van der Waals surface area contributed by atoms with Crippen LogP contribution in [-0.2, 0) is 14.3 Å². The molecule has 0 aliphatic heterocycles. The first-order valence-electron chi connectivity index (χ1n) is 10.6. The highest BCUT2D eigenvalue weighted by molar-refractivity contribution is 5.65. The molecular formula is C21H42O4. The van der Waals surface area contributed by atoms with E-state index in [0.717, 1.165) is 6.42 Å². The quantitative estimate of drug-likeness (QED) is 0.248. The zero-order valence-electron chi connectivity index (χ0n) is 16.8. The minimum atomic E-state index is -0.712. The fourth-order valence-electron chi connectivity index (χ4n) is 2.88. The Morgan fingerprint density at radius 2 is 1.20 bits per heavy atom. The third-order valence-corrected chi connectivity index (χ3v) is 4.43. The molecule has 0 heterocycles. The first-order chi connectivity index (χ1) is 12.2. The van der Waals surface area contributed by atoms with Gasteiger partial charge in [-0.3, -0.25) is 4.79 Å². The van der Waals surface area contributed by atoms with Crippen LogP contribution in [0.5, 0.6) is 0 Å². The summed E-state index contributed by atoms with van der Waals surface area (Å²) in [5.74, 6) is -0.369. The van der Waals surface area contributed by atoms with E-state index in [4.69, 9.17) is 9.47 Å². The fraction of sp³-hybridized carbons (Fsp3) is 0.952. The van der Waals surface area contributed by atoms with Crippen LogP contribution < -0.4 is 0 Å². The lowest BCUT2D eigenvalue weighted by Gasteiger charge is -2.10. The van der Waals surface area contributed by atoms with E-state index in [2.05, 4.69) is 6.92 Å². The van der Waals surface area contributed by atoms with Crippen LogP contribution in [0.1, 0.15) is 104 Å². The maximum absolute atomic E-state index is 10.6. The second kappa shape index (κ2) is 19.7. The Kier molecular flexibility index (Phi) is 19.2. The summed E-state index contributed by atoms with van der Waals surface area (Å²) in [6.45, 7) is 4.54. The Balaban J connectivity index is 3.08. The molecule has 4 heteroatoms. The Hall–Kier alpha value is -0.610. The van der Waals surface area contributed by atoms with Gasteiger partial charge in [0.1, 0.15) is 12.7 Å². The fourth-order valence-corrected chi connectivity index (χ4v) is 2.88. The van der Waals surface area contributed by atoms with Gasteiger partial charge in [-0.05, 0) is 6.42 Å². The Morgan fingerprint density at radius 1 is 0.760 bits per heavy atom. The number of carbonyl (C=O) groups excluding carboxylic acids is 1. The van der Waals surface area contributed by atoms with E-state index >= 15 is 0 Å². The number of esters is 1. The van der Waals surface area contributed by atoms with Gasteiger partial charge in [-0.2, -0.15) is 0 Å². The number of aliphatic hydroxyl groups is 1. The minimum Gasteiger partial charge on any atom is -0.463 e. The molecular weight excluding hydrogens is 316 g/mol. The van der Waals surface area contributed by atoms with Gasteiger partial charge in [0.25, 0.3) is 0 Å². The summed E-state index contributed by atoms with van der Waals surface area (Å²) in [5, 5.41) is 9.51. The highest BCUT2D eigenvalue weighted by atomic mass is 16.5. The predicted octanol–water partition coefficient (Wildman–Crippen LogP) is 5.41. The van der Waals surface area contributed by atoms with Crippen molar-refractivity contribution >= 4 is 5.97 Å². The molecule has 0 fully saturated rings. The maximum Gasteiger partial charge on any atom is 0.302 e. The van der Waals surface area contributed by atoms with Gasteiger partial charge in [-0.15, -0.1) is 0 Å². The number of aliphatic hydroxyl groups excluding tert-OH is 1. The maximum atomic E-state index is 10.6. The molecule has 0 saturated heterocycles. The van der Waals surface area contributed by atoms with Gasteiger partial charge < -0.3 is 14.6 Å². The normalized spacial score (nSPS) is 12.3. The first-order valence-corrected chi connectivity index (χ1v) is 10.6. The molecule has 0 unspecified atom stereocenters. The second-order valence-electron chi connectivity index (χ2n) is 7.13. The third kappa shape index (κ3) is 21.3. The number of hydrogen-bond donors (Lipinski definition) is 1. The smallest absolute Gasteiger partial charge is 0.302 e. The predicted molar refractivity (Wildman–Crippen MR) is 104 cm³/mol. The molecule has 1 N–H and O–H groups in total. The SMILES string of the molecule is CCCCCCCCCCCCCCCCOC[C@H](O)COC(C)=O. The summed E-state index contributed by atoms with van der Waals surface area (Å²) in [4.78, 5) is 10.6. The molecule has 1 atom stereocenters. The van der Waals surface area contributed by atoms with E-state index in [1.807, 2.05) is 0 Å². The summed E-state index contributed by atoms with van der Waals surface area (Å²) in [6, 6.07) is 0. The average molecular weight is 359 g/mol. The van der Waals surface area contributed by atoms with Crippen molar-refractivity contribution in [2.45, 2.75) is 110 Å². The lowest BCUT2D eigenvalue weighted by atomic mass is 10.0. The minimum absolute atomic E-state index is 0.0219. The van der Waals surface area contributed by atoms with Gasteiger partial charge in [-0.1, -0.05) is 90.4 Å². The van der Waals surface area contributed by atoms with E-state index in [-0.39, 0.29) is 19.2 Å². The van der Waals surface area contributed by atoms with Gasteiger partial charge in [0.15, 0.2) is 0 Å². The van der Waals surface area contributed by atoms with E-state index in [1.165, 1.54) is 90.4 Å². The molecule has 0 aliphatic carbocycles. The average Bonchev–Trinajstić information content (AvgIpc) is 2.59. The van der Waals surface area contributed by atoms with Crippen molar-refractivity contribution < 1.29 is 19.4 Å². The number of ether oxygens (including phenoxy) is 2. The van der Waals surface area contributed by atoms with Crippen LogP contribution in [0.3, 0.4) is 0 Å². The van der Waals surface area contributed by atoms with Gasteiger partial charge in [0, 0.05) is 13.5 Å². The molecule has 150 valence electrons. The second-order valence-corrected chi connectivity index (χ2v) is 7.13. The van der Waals surface area contributed by atoms with Crippen LogP contribution in [0.2, 0.25) is 0 Å². The van der Waals surface area contributed by atoms with Crippen LogP contribution in [0, 0.1) is 0 Å². The Bertz CT molecular complexity index is 281. The topological polar surface area (TPSA) is 55.8 Å². The van der Waals surface area contributed by atoms with Crippen LogP contribution in [0.25, 0.3) is 0 Å². The third-order valence-electron chi connectivity index (χ3n) is 4.43. The summed E-state index contributed by atoms with van der Waals surface area (Å²) in [5.41, 5.74) is 0. The number of hydrogen-bond acceptors (Lipinski definition) is 4. The number of carbonyl (C=O) groups is 1. The molecule has 0 bridgehead atoms. The summed E-state index contributed by atoms with van der Waals surface area (Å²) < 4.78 is 10.1. The Morgan fingerprint density at radius 3 is 1.64 bits per heavy atom. The van der Waals surface area contributed by atoms with Crippen LogP contribution in [0.4, 0.5) is 0 Å². The van der Waals surface area contributed by atoms with Crippen molar-refractivity contribution in [3.63, 3.8) is 0 Å². The van der Waals surface area contributed by atoms with E-state index in [9.17, 15) is 9.90 Å². The lowest BCUT2D eigenvalue weighted by molar-refractivity contribution is -0.145. The largest absolute Gasteiger partial charge is 0.463 e. The van der Waals surface area contributed by atoms with Crippen molar-refractivity contribution in [3.05, 3.63) is 0 Å². The molecule has 0 aromatic carbocycles. The van der Waals surface area contributed by atoms with Crippen molar-refractivity contribution in [1.82, 2.24) is 0 Å². The summed E-state index contributed by atoms with van der Waals surface area (Å²) >= 11 is 0. The van der Waals surface area contributed by atoms with Crippen molar-refractivity contribution in [3.8, 4) is 0 Å². The van der Waals surface area contributed by atoms with Gasteiger partial charge >= 0.3 is 5.97 Å². The monoisotopic (exact) mass is 358 g/mol. The van der Waals surface area contributed by atoms with Crippen LogP contribution in [0.15, 0.2) is 0 Å². The zero-order chi connectivity index (χ0) is 18.6. The van der Waals surface area contributed by atoms with E-state index < -0.39 is 6.10 Å². The molecule has 4 nitrogen and oxygen atoms in total. The van der Waals surface area contributed by atoms with E-state index in [0.29, 0.717) is 6.61 Å². The van der Waals surface area contributed by atoms with Crippen molar-refractivity contribution in [1.29, 1.82) is 0 Å².